The van der Waals surface area contributed by atoms with Gasteiger partial charge in [-0.05, 0) is 77.0 Å². The third-order valence-corrected chi connectivity index (χ3v) is 7.19. The second-order valence-corrected chi connectivity index (χ2v) is 9.46. The van der Waals surface area contributed by atoms with E-state index in [1.54, 1.807) is 24.3 Å². The van der Waals surface area contributed by atoms with Crippen LogP contribution < -0.4 is 16.4 Å². The van der Waals surface area contributed by atoms with Crippen LogP contribution in [0.5, 0.6) is 0 Å². The van der Waals surface area contributed by atoms with Crippen molar-refractivity contribution in [3.8, 4) is 0 Å². The van der Waals surface area contributed by atoms with Crippen molar-refractivity contribution < 1.29 is 4.79 Å². The third-order valence-electron chi connectivity index (χ3n) is 7.19. The molecular weight excluding hydrogens is 430 g/mol. The molecule has 8 nitrogen and oxygen atoms in total. The van der Waals surface area contributed by atoms with E-state index < -0.39 is 11.1 Å². The first kappa shape index (κ1) is 24.4. The van der Waals surface area contributed by atoms with Crippen molar-refractivity contribution in [2.24, 2.45) is 0 Å². The number of rotatable bonds is 9. The van der Waals surface area contributed by atoms with Crippen LogP contribution in [0.3, 0.4) is 0 Å². The number of aromatic nitrogens is 2. The molecule has 2 aliphatic rings. The van der Waals surface area contributed by atoms with Gasteiger partial charge in [0.05, 0.1) is 11.0 Å². The second kappa shape index (κ2) is 11.6. The van der Waals surface area contributed by atoms with Crippen LogP contribution in [0.25, 0.3) is 11.0 Å². The SMILES string of the molecule is C=CCn1c(=O)c(=O)n(CC(=O)NCCCN2CCC(N3CCCCC3)CC2)c2ccccc21. The second-order valence-electron chi connectivity index (χ2n) is 9.46. The topological polar surface area (TPSA) is 79.6 Å². The summed E-state index contributed by atoms with van der Waals surface area (Å²) in [7, 11) is 0. The quantitative estimate of drug-likeness (QED) is 0.346. The van der Waals surface area contributed by atoms with Crippen molar-refractivity contribution in [1.82, 2.24) is 24.3 Å². The standard InChI is InChI=1S/C26H37N5O3/c1-2-14-30-22-9-4-5-10-23(22)31(26(34)25(30)33)20-24(32)27-13-8-15-28-18-11-21(12-19-28)29-16-6-3-7-17-29/h2,4-5,9-10,21H,1,3,6-8,11-20H2,(H,27,32). The van der Waals surface area contributed by atoms with Crippen LogP contribution in [0.15, 0.2) is 46.5 Å². The predicted octanol–water partition coefficient (Wildman–Crippen LogP) is 1.81. The Bertz CT molecular complexity index is 1110. The molecule has 4 rings (SSSR count). The lowest BCUT2D eigenvalue weighted by atomic mass is 10.00. The number of piperidine rings is 2. The maximum absolute atomic E-state index is 12.7. The Morgan fingerprint density at radius 1 is 0.971 bits per heavy atom. The summed E-state index contributed by atoms with van der Waals surface area (Å²) in [6.07, 6.45) is 8.99. The lowest BCUT2D eigenvalue weighted by Gasteiger charge is -2.40. The van der Waals surface area contributed by atoms with Crippen molar-refractivity contribution >= 4 is 16.9 Å². The molecule has 0 spiro atoms. The summed E-state index contributed by atoms with van der Waals surface area (Å²) in [4.78, 5) is 43.0. The lowest BCUT2D eigenvalue weighted by Crippen LogP contribution is -2.47. The van der Waals surface area contributed by atoms with Crippen molar-refractivity contribution in [2.75, 3.05) is 39.3 Å². The van der Waals surface area contributed by atoms with E-state index >= 15 is 0 Å². The number of amides is 1. The molecule has 0 unspecified atom stereocenters. The minimum Gasteiger partial charge on any atom is -0.355 e. The van der Waals surface area contributed by atoms with E-state index in [-0.39, 0.29) is 19.0 Å². The monoisotopic (exact) mass is 467 g/mol. The summed E-state index contributed by atoms with van der Waals surface area (Å²) >= 11 is 0. The van der Waals surface area contributed by atoms with Gasteiger partial charge in [0.25, 0.3) is 0 Å². The number of para-hydroxylation sites is 2. The van der Waals surface area contributed by atoms with Gasteiger partial charge in [-0.15, -0.1) is 6.58 Å². The van der Waals surface area contributed by atoms with Gasteiger partial charge < -0.3 is 15.1 Å². The van der Waals surface area contributed by atoms with E-state index in [1.807, 2.05) is 6.07 Å². The van der Waals surface area contributed by atoms with Gasteiger partial charge in [0.1, 0.15) is 6.54 Å². The maximum atomic E-state index is 12.7. The Morgan fingerprint density at radius 2 is 1.62 bits per heavy atom. The minimum atomic E-state index is -0.688. The number of nitrogens with one attached hydrogen (secondary N) is 1. The van der Waals surface area contributed by atoms with E-state index in [9.17, 15) is 14.4 Å². The number of hydrogen-bond acceptors (Lipinski definition) is 5. The lowest BCUT2D eigenvalue weighted by molar-refractivity contribution is -0.121. The van der Waals surface area contributed by atoms with Crippen LogP contribution in [-0.4, -0.2) is 70.2 Å². The van der Waals surface area contributed by atoms with Crippen LogP contribution >= 0.6 is 0 Å². The first-order valence-electron chi connectivity index (χ1n) is 12.6. The fourth-order valence-electron chi connectivity index (χ4n) is 5.36. The highest BCUT2D eigenvalue weighted by atomic mass is 16.2. The summed E-state index contributed by atoms with van der Waals surface area (Å²) in [5.74, 6) is -0.253. The van der Waals surface area contributed by atoms with Crippen LogP contribution in [0.4, 0.5) is 0 Å². The predicted molar refractivity (Wildman–Crippen MR) is 135 cm³/mol. The molecule has 0 radical (unpaired) electrons. The molecule has 184 valence electrons. The number of fused-ring (bicyclic) bond motifs is 1. The summed E-state index contributed by atoms with van der Waals surface area (Å²) in [6.45, 7) is 10.0. The molecule has 1 amide bonds. The molecule has 34 heavy (non-hydrogen) atoms. The van der Waals surface area contributed by atoms with E-state index in [0.717, 1.165) is 32.1 Å². The molecule has 1 aromatic heterocycles. The zero-order chi connectivity index (χ0) is 23.9. The summed E-state index contributed by atoms with van der Waals surface area (Å²) in [5, 5.41) is 2.92. The van der Waals surface area contributed by atoms with Crippen LogP contribution in [-0.2, 0) is 17.9 Å². The number of carbonyl (C=O) groups excluding carboxylic acids is 1. The number of hydrogen-bond donors (Lipinski definition) is 1. The molecular formula is C26H37N5O3. The fourth-order valence-corrected chi connectivity index (χ4v) is 5.36. The fraction of sp³-hybridized carbons (Fsp3) is 0.577. The van der Waals surface area contributed by atoms with Gasteiger partial charge in [-0.25, -0.2) is 0 Å². The number of benzene rings is 1. The zero-order valence-corrected chi connectivity index (χ0v) is 20.1. The van der Waals surface area contributed by atoms with E-state index in [1.165, 1.54) is 54.3 Å². The molecule has 3 heterocycles. The largest absolute Gasteiger partial charge is 0.355 e. The summed E-state index contributed by atoms with van der Waals surface area (Å²) in [6, 6.07) is 7.89. The highest BCUT2D eigenvalue weighted by molar-refractivity contribution is 5.80. The molecule has 0 saturated carbocycles. The molecule has 0 aliphatic carbocycles. The Hall–Kier alpha value is -2.71. The molecule has 1 aromatic carbocycles. The van der Waals surface area contributed by atoms with Gasteiger partial charge in [-0.2, -0.15) is 0 Å². The van der Waals surface area contributed by atoms with Gasteiger partial charge >= 0.3 is 11.1 Å². The van der Waals surface area contributed by atoms with E-state index in [4.69, 9.17) is 0 Å². The van der Waals surface area contributed by atoms with Crippen molar-refractivity contribution in [3.63, 3.8) is 0 Å². The Kier molecular flexibility index (Phi) is 8.34. The van der Waals surface area contributed by atoms with E-state index in [0.29, 0.717) is 17.6 Å². The number of allylic oxidation sites excluding steroid dienone is 1. The molecule has 2 fully saturated rings. The average Bonchev–Trinajstić information content (AvgIpc) is 2.88. The highest BCUT2D eigenvalue weighted by Crippen LogP contribution is 2.20. The zero-order valence-electron chi connectivity index (χ0n) is 20.1. The Morgan fingerprint density at radius 3 is 2.29 bits per heavy atom. The highest BCUT2D eigenvalue weighted by Gasteiger charge is 2.25. The molecule has 1 N–H and O–H groups in total. The molecule has 2 saturated heterocycles. The minimum absolute atomic E-state index is 0.162. The maximum Gasteiger partial charge on any atom is 0.317 e. The molecule has 0 bridgehead atoms. The van der Waals surface area contributed by atoms with Crippen molar-refractivity contribution in [1.29, 1.82) is 0 Å². The molecule has 2 aromatic rings. The van der Waals surface area contributed by atoms with E-state index in [2.05, 4.69) is 21.7 Å². The number of carbonyl (C=O) groups is 1. The van der Waals surface area contributed by atoms with Gasteiger partial charge in [0.15, 0.2) is 0 Å². The van der Waals surface area contributed by atoms with Crippen LogP contribution in [0.2, 0.25) is 0 Å². The van der Waals surface area contributed by atoms with Gasteiger partial charge in [-0.3, -0.25) is 23.5 Å². The molecule has 2 aliphatic heterocycles. The Balaban J connectivity index is 1.26. The van der Waals surface area contributed by atoms with Crippen molar-refractivity contribution in [2.45, 2.75) is 57.7 Å². The first-order chi connectivity index (χ1) is 16.6. The van der Waals surface area contributed by atoms with Crippen LogP contribution in [0.1, 0.15) is 38.5 Å². The molecule has 8 heteroatoms. The summed E-state index contributed by atoms with van der Waals surface area (Å²) in [5.41, 5.74) is -0.139. The number of nitrogens with zero attached hydrogens (tertiary/aromatic N) is 4. The average molecular weight is 468 g/mol. The van der Waals surface area contributed by atoms with Gasteiger partial charge in [-0.1, -0.05) is 24.6 Å². The first-order valence-corrected chi connectivity index (χ1v) is 12.6. The number of likely N-dealkylation sites (tertiary alicyclic amines) is 2. The molecule has 0 atom stereocenters. The summed E-state index contributed by atoms with van der Waals surface area (Å²) < 4.78 is 2.67. The van der Waals surface area contributed by atoms with Gasteiger partial charge in [0, 0.05) is 19.1 Å². The van der Waals surface area contributed by atoms with Crippen LogP contribution in [0, 0.1) is 0 Å². The Labute approximate surface area is 200 Å². The third kappa shape index (κ3) is 5.67. The van der Waals surface area contributed by atoms with Gasteiger partial charge in [0.2, 0.25) is 5.91 Å². The normalized spacial score (nSPS) is 18.2. The van der Waals surface area contributed by atoms with Crippen molar-refractivity contribution in [3.05, 3.63) is 57.6 Å². The smallest absolute Gasteiger partial charge is 0.317 e.